The van der Waals surface area contributed by atoms with E-state index >= 15 is 0 Å². The first kappa shape index (κ1) is 11.5. The maximum Gasteiger partial charge on any atom is 0.0338 e. The molecule has 1 aromatic rings. The molecular weight excluding hydrogens is 158 g/mol. The molecule has 0 spiro atoms. The Morgan fingerprint density at radius 1 is 1.31 bits per heavy atom. The van der Waals surface area contributed by atoms with Gasteiger partial charge in [-0.15, -0.1) is 6.58 Å². The number of hydrogen-bond donors (Lipinski definition) is 1. The van der Waals surface area contributed by atoms with Crippen LogP contribution in [0.4, 0.5) is 0 Å². The number of hydrogen-bond acceptors (Lipinski definition) is 1. The molecule has 0 saturated heterocycles. The topological polar surface area (TPSA) is 12.0 Å². The van der Waals surface area contributed by atoms with E-state index in [0.717, 1.165) is 11.3 Å². The predicted molar refractivity (Wildman–Crippen MR) is 60.4 cm³/mol. The van der Waals surface area contributed by atoms with Crippen LogP contribution in [-0.4, -0.2) is 7.05 Å². The molecule has 0 bridgehead atoms. The van der Waals surface area contributed by atoms with Crippen LogP contribution in [0.3, 0.4) is 0 Å². The fraction of sp³-hybridized carbons (Fsp3) is 0.167. The van der Waals surface area contributed by atoms with E-state index in [1.165, 1.54) is 0 Å². The van der Waals surface area contributed by atoms with E-state index in [9.17, 15) is 0 Å². The summed E-state index contributed by atoms with van der Waals surface area (Å²) in [4.78, 5) is 0. The molecule has 0 fully saturated rings. The van der Waals surface area contributed by atoms with Crippen LogP contribution < -0.4 is 5.32 Å². The molecule has 1 aromatic carbocycles. The summed E-state index contributed by atoms with van der Waals surface area (Å²) in [5.74, 6) is 0. The van der Waals surface area contributed by atoms with Crippen LogP contribution in [0.2, 0.25) is 0 Å². The van der Waals surface area contributed by atoms with E-state index in [2.05, 4.69) is 18.5 Å². The molecule has 0 atom stereocenters. The van der Waals surface area contributed by atoms with Crippen molar-refractivity contribution in [3.8, 4) is 0 Å². The van der Waals surface area contributed by atoms with Crippen molar-refractivity contribution in [2.24, 2.45) is 0 Å². The quantitative estimate of drug-likeness (QED) is 0.681. The summed E-state index contributed by atoms with van der Waals surface area (Å²) >= 11 is 0. The van der Waals surface area contributed by atoms with Gasteiger partial charge in [-0.3, -0.25) is 0 Å². The second-order valence-corrected chi connectivity index (χ2v) is 2.50. The molecular formula is C12H17N. The lowest BCUT2D eigenvalue weighted by Gasteiger charge is -2.02. The molecule has 0 unspecified atom stereocenters. The Morgan fingerprint density at radius 3 is 2.15 bits per heavy atom. The lowest BCUT2D eigenvalue weighted by atomic mass is 10.2. The van der Waals surface area contributed by atoms with Gasteiger partial charge < -0.3 is 5.32 Å². The molecule has 1 heteroatoms. The highest BCUT2D eigenvalue weighted by Crippen LogP contribution is 2.06. The van der Waals surface area contributed by atoms with Gasteiger partial charge in [0.2, 0.25) is 0 Å². The van der Waals surface area contributed by atoms with Crippen LogP contribution >= 0.6 is 0 Å². The van der Waals surface area contributed by atoms with Crippen molar-refractivity contribution in [1.29, 1.82) is 0 Å². The third-order valence-corrected chi connectivity index (χ3v) is 1.42. The van der Waals surface area contributed by atoms with Crippen LogP contribution in [0.5, 0.6) is 0 Å². The zero-order valence-electron chi connectivity index (χ0n) is 8.38. The first-order valence-corrected chi connectivity index (χ1v) is 4.25. The van der Waals surface area contributed by atoms with Crippen LogP contribution in [0.1, 0.15) is 12.5 Å². The second kappa shape index (κ2) is 7.17. The Morgan fingerprint density at radius 2 is 1.77 bits per heavy atom. The molecule has 1 rings (SSSR count). The van der Waals surface area contributed by atoms with Gasteiger partial charge in [0.15, 0.2) is 0 Å². The highest BCUT2D eigenvalue weighted by atomic mass is 14.8. The first-order valence-electron chi connectivity index (χ1n) is 4.25. The molecule has 13 heavy (non-hydrogen) atoms. The van der Waals surface area contributed by atoms with E-state index < -0.39 is 0 Å². The molecule has 0 aromatic heterocycles. The highest BCUT2D eigenvalue weighted by Gasteiger charge is 1.90. The Hall–Kier alpha value is -1.50. The zero-order valence-corrected chi connectivity index (χ0v) is 8.38. The largest absolute Gasteiger partial charge is 0.388 e. The average molecular weight is 175 g/mol. The molecule has 1 nitrogen and oxygen atoms in total. The predicted octanol–water partition coefficient (Wildman–Crippen LogP) is 3.07. The van der Waals surface area contributed by atoms with Crippen molar-refractivity contribution >= 4 is 5.70 Å². The molecule has 0 aliphatic rings. The third-order valence-electron chi connectivity index (χ3n) is 1.42. The zero-order chi connectivity index (χ0) is 10.1. The van der Waals surface area contributed by atoms with E-state index in [4.69, 9.17) is 0 Å². The Balaban J connectivity index is 0.000000424. The normalized spacial score (nSPS) is 7.85. The van der Waals surface area contributed by atoms with Gasteiger partial charge in [-0.25, -0.2) is 0 Å². The summed E-state index contributed by atoms with van der Waals surface area (Å²) in [6.07, 6.45) is 1.75. The summed E-state index contributed by atoms with van der Waals surface area (Å²) in [6, 6.07) is 10.0. The van der Waals surface area contributed by atoms with Crippen molar-refractivity contribution in [1.82, 2.24) is 5.32 Å². The minimum absolute atomic E-state index is 0.959. The fourth-order valence-electron chi connectivity index (χ4n) is 0.784. The lowest BCUT2D eigenvalue weighted by molar-refractivity contribution is 1.13. The van der Waals surface area contributed by atoms with E-state index in [1.54, 1.807) is 6.08 Å². The maximum atomic E-state index is 3.83. The van der Waals surface area contributed by atoms with Crippen molar-refractivity contribution < 1.29 is 0 Å². The Bertz CT molecular complexity index is 249. The standard InChI is InChI=1S/C9H11N.C3H6/c1-8(10-2)9-6-4-3-5-7-9;1-3-2/h3-7,10H,1H2,2H3;3H,1H2,2H3. The minimum atomic E-state index is 0.959. The van der Waals surface area contributed by atoms with Crippen molar-refractivity contribution in [2.45, 2.75) is 6.92 Å². The number of nitrogens with one attached hydrogen (secondary N) is 1. The van der Waals surface area contributed by atoms with E-state index in [1.807, 2.05) is 44.3 Å². The summed E-state index contributed by atoms with van der Waals surface area (Å²) < 4.78 is 0. The molecule has 0 heterocycles. The minimum Gasteiger partial charge on any atom is -0.388 e. The second-order valence-electron chi connectivity index (χ2n) is 2.50. The summed E-state index contributed by atoms with van der Waals surface area (Å²) in [5.41, 5.74) is 2.10. The van der Waals surface area contributed by atoms with Crippen molar-refractivity contribution in [3.63, 3.8) is 0 Å². The maximum absolute atomic E-state index is 3.83. The van der Waals surface area contributed by atoms with Crippen LogP contribution in [0.15, 0.2) is 49.6 Å². The molecule has 0 radical (unpaired) electrons. The van der Waals surface area contributed by atoms with Gasteiger partial charge in [0, 0.05) is 12.7 Å². The molecule has 70 valence electrons. The van der Waals surface area contributed by atoms with Gasteiger partial charge in [0.25, 0.3) is 0 Å². The molecule has 0 aliphatic heterocycles. The Labute approximate surface area is 80.8 Å². The van der Waals surface area contributed by atoms with Crippen LogP contribution in [0, 0.1) is 0 Å². The van der Waals surface area contributed by atoms with Gasteiger partial charge in [0.1, 0.15) is 0 Å². The van der Waals surface area contributed by atoms with Crippen LogP contribution in [-0.2, 0) is 0 Å². The van der Waals surface area contributed by atoms with Crippen LogP contribution in [0.25, 0.3) is 5.70 Å². The first-order chi connectivity index (χ1) is 6.26. The monoisotopic (exact) mass is 175 g/mol. The summed E-state index contributed by atoms with van der Waals surface area (Å²) in [7, 11) is 1.87. The van der Waals surface area contributed by atoms with E-state index in [0.29, 0.717) is 0 Å². The van der Waals surface area contributed by atoms with Gasteiger partial charge in [0.05, 0.1) is 0 Å². The molecule has 1 N–H and O–H groups in total. The Kier molecular flexibility index (Phi) is 6.34. The van der Waals surface area contributed by atoms with Crippen molar-refractivity contribution in [3.05, 3.63) is 55.1 Å². The number of rotatable bonds is 2. The smallest absolute Gasteiger partial charge is 0.0338 e. The van der Waals surface area contributed by atoms with E-state index in [-0.39, 0.29) is 0 Å². The van der Waals surface area contributed by atoms with Gasteiger partial charge in [-0.2, -0.15) is 0 Å². The number of allylic oxidation sites excluding steroid dienone is 1. The van der Waals surface area contributed by atoms with Crippen molar-refractivity contribution in [2.75, 3.05) is 7.05 Å². The summed E-state index contributed by atoms with van der Waals surface area (Å²) in [6.45, 7) is 9.08. The fourth-order valence-corrected chi connectivity index (χ4v) is 0.784. The summed E-state index contributed by atoms with van der Waals surface area (Å²) in [5, 5.41) is 2.99. The number of benzene rings is 1. The molecule has 0 aliphatic carbocycles. The SMILES string of the molecule is C=C(NC)c1ccccc1.C=CC. The third kappa shape index (κ3) is 4.86. The van der Waals surface area contributed by atoms with Gasteiger partial charge in [-0.05, 0) is 12.5 Å². The molecule has 0 saturated carbocycles. The highest BCUT2D eigenvalue weighted by molar-refractivity contribution is 5.60. The average Bonchev–Trinajstić information content (AvgIpc) is 2.19. The van der Waals surface area contributed by atoms with Gasteiger partial charge >= 0.3 is 0 Å². The lowest BCUT2D eigenvalue weighted by Crippen LogP contribution is -2.01. The molecule has 0 amide bonds. The van der Waals surface area contributed by atoms with Gasteiger partial charge in [-0.1, -0.05) is 43.0 Å².